The zero-order chi connectivity index (χ0) is 62.6. The highest BCUT2D eigenvalue weighted by atomic mass is 19.4. The Hall–Kier alpha value is -8.98. The van der Waals surface area contributed by atoms with Crippen molar-refractivity contribution in [1.29, 1.82) is 0 Å². The monoisotopic (exact) mass is 1170 g/mol. The second kappa shape index (κ2) is 28.3. The van der Waals surface area contributed by atoms with Gasteiger partial charge in [-0.2, -0.15) is 17.7 Å². The summed E-state index contributed by atoms with van der Waals surface area (Å²) < 4.78 is 100. The lowest BCUT2D eigenvalue weighted by molar-refractivity contribution is -0.661. The first-order valence-corrected chi connectivity index (χ1v) is 28.4. The van der Waals surface area contributed by atoms with Crippen molar-refractivity contribution in [3.63, 3.8) is 0 Å². The number of fused-ring (bicyclic) bond motifs is 1. The van der Waals surface area contributed by atoms with Crippen molar-refractivity contribution in [2.45, 2.75) is 80.1 Å². The molecule has 0 saturated heterocycles. The van der Waals surface area contributed by atoms with Crippen molar-refractivity contribution in [2.75, 3.05) is 20.8 Å². The van der Waals surface area contributed by atoms with Gasteiger partial charge >= 0.3 is 17.9 Å². The molecule has 446 valence electrons. The summed E-state index contributed by atoms with van der Waals surface area (Å²) in [7, 11) is 11.1. The smallest absolute Gasteiger partial charge is 0.422 e. The Morgan fingerprint density at radius 2 is 1.21 bits per heavy atom. The summed E-state index contributed by atoms with van der Waals surface area (Å²) in [5.74, 6) is 1.15. The number of rotatable bonds is 8. The summed E-state index contributed by atoms with van der Waals surface area (Å²) in [5.41, 5.74) is 11.8. The Kier molecular flexibility index (Phi) is 21.2. The fourth-order valence-electron chi connectivity index (χ4n) is 10.1. The maximum atomic E-state index is 13.9. The van der Waals surface area contributed by atoms with Crippen molar-refractivity contribution in [3.05, 3.63) is 239 Å². The van der Waals surface area contributed by atoms with Crippen LogP contribution in [0.3, 0.4) is 0 Å². The minimum atomic E-state index is -4.37. The Bertz CT molecular complexity index is 4010. The lowest BCUT2D eigenvalue weighted by atomic mass is 9.97. The van der Waals surface area contributed by atoms with Gasteiger partial charge in [-0.25, -0.2) is 31.4 Å². The number of aromatic nitrogens is 6. The number of halogens is 6. The summed E-state index contributed by atoms with van der Waals surface area (Å²) in [6.45, 7) is 18.1. The van der Waals surface area contributed by atoms with E-state index in [1.165, 1.54) is 85.7 Å². The summed E-state index contributed by atoms with van der Waals surface area (Å²) in [4.78, 5) is 0. The number of ether oxygens (including phenoxy) is 2. The molecule has 5 heterocycles. The molecule has 86 heavy (non-hydrogen) atoms. The van der Waals surface area contributed by atoms with Gasteiger partial charge in [-0.15, -0.1) is 4.68 Å². The molecule has 1 aliphatic rings. The Labute approximate surface area is 502 Å². The van der Waals surface area contributed by atoms with Crippen molar-refractivity contribution in [1.82, 2.24) is 9.78 Å². The molecule has 9 nitrogen and oxygen atoms in total. The second-order valence-electron chi connectivity index (χ2n) is 22.1. The van der Waals surface area contributed by atoms with Crippen LogP contribution < -0.4 is 23.0 Å². The summed E-state index contributed by atoms with van der Waals surface area (Å²) in [6, 6.07) is 48.3. The topological polar surface area (TPSA) is 54.8 Å². The SMILES string of the molecule is CCCn1c[n+](C)c(-c2ccccc2C)n1.COc1cc[n+](C)c(-c2c(C)cc(F)cc2F)c1.Cc1cc(F)ccc1-c1ccc(C(F)(F)F)c[n+]1C.Cc1ccc2ccccc2c1-c1cccc[n+]1C.Cc1ccccc1C1=[N+](C)C(C)(C)CO1. The molecule has 0 radical (unpaired) electrons. The number of methoxy groups -OCH3 is 1. The van der Waals surface area contributed by atoms with E-state index in [9.17, 15) is 26.3 Å². The highest BCUT2D eigenvalue weighted by molar-refractivity contribution is 5.97. The number of hydrogen-bond donors (Lipinski definition) is 0. The van der Waals surface area contributed by atoms with Gasteiger partial charge in [-0.1, -0.05) is 79.7 Å². The summed E-state index contributed by atoms with van der Waals surface area (Å²) in [5, 5.41) is 7.22. The fraction of sp³-hybridized carbons (Fsp3) is 0.268. The van der Waals surface area contributed by atoms with Crippen LogP contribution in [-0.2, 0) is 45.6 Å². The molecule has 10 aromatic rings. The maximum absolute atomic E-state index is 13.9. The first kappa shape index (κ1) is 64.6. The first-order chi connectivity index (χ1) is 40.8. The van der Waals surface area contributed by atoms with E-state index < -0.39 is 23.4 Å². The lowest BCUT2D eigenvalue weighted by Crippen LogP contribution is -2.33. The quantitative estimate of drug-likeness (QED) is 0.113. The molecule has 4 aromatic heterocycles. The minimum Gasteiger partial charge on any atom is -0.496 e. The molecule has 1 aliphatic heterocycles. The highest BCUT2D eigenvalue weighted by Gasteiger charge is 2.40. The standard InChI is InChI=1S/C17H16N.C14H12F4N.C14H14F2NO.C13H18N3.C13H18NO/c1-13-10-11-14-7-3-4-8-15(14)17(13)16-9-5-6-12-18(16)2;1-9-7-11(15)4-5-12(9)13-6-3-10(8-19(13)2)14(16,17)18;1-9-6-10(15)7-12(16)14(9)13-8-11(18-3)4-5-17(13)2;1-4-9-16-10-15(3)13(14-16)12-8-6-5-7-11(12)2;1-10-7-5-6-8-11(10)12-14(4)13(2,3)9-15-12/h3-12H,1-2H3;3-8H,1-2H3;4-8H,1-3H3;5-8,10H,4,9H2,1-3H3;5-8H,9H2,1-4H3/q5*+1. The van der Waals surface area contributed by atoms with Crippen LogP contribution in [-0.4, -0.2) is 46.6 Å². The van der Waals surface area contributed by atoms with Gasteiger partial charge in [0.05, 0.1) is 42.5 Å². The maximum Gasteiger partial charge on any atom is 0.422 e. The van der Waals surface area contributed by atoms with Crippen LogP contribution in [0, 0.1) is 52.1 Å². The van der Waals surface area contributed by atoms with E-state index in [4.69, 9.17) is 9.47 Å². The molecule has 0 aliphatic carbocycles. The van der Waals surface area contributed by atoms with Crippen LogP contribution >= 0.6 is 0 Å². The second-order valence-corrected chi connectivity index (χ2v) is 22.1. The predicted molar refractivity (Wildman–Crippen MR) is 328 cm³/mol. The number of pyridine rings is 3. The molecule has 0 amide bonds. The Morgan fingerprint density at radius 1 is 0.570 bits per heavy atom. The third-order valence-corrected chi connectivity index (χ3v) is 15.1. The van der Waals surface area contributed by atoms with Crippen LogP contribution in [0.2, 0.25) is 0 Å². The fourth-order valence-corrected chi connectivity index (χ4v) is 10.1. The lowest BCUT2D eigenvalue weighted by Gasteiger charge is -2.09. The number of aryl methyl sites for hydroxylation is 10. The number of benzene rings is 6. The first-order valence-electron chi connectivity index (χ1n) is 28.4. The van der Waals surface area contributed by atoms with Gasteiger partial charge in [0.2, 0.25) is 23.4 Å². The van der Waals surface area contributed by atoms with E-state index in [1.54, 1.807) is 57.0 Å². The Morgan fingerprint density at radius 3 is 1.81 bits per heavy atom. The van der Waals surface area contributed by atoms with E-state index in [0.717, 1.165) is 49.6 Å². The van der Waals surface area contributed by atoms with Gasteiger partial charge in [0, 0.05) is 54.8 Å². The number of hydrogen-bond acceptors (Lipinski definition) is 3. The van der Waals surface area contributed by atoms with E-state index in [2.05, 4.69) is 184 Å². The zero-order valence-corrected chi connectivity index (χ0v) is 51.7. The number of likely N-dealkylation sites (N-methyl/N-ethyl adjacent to an activating group) is 1. The molecular weight excluding hydrogens is 1100 g/mol. The summed E-state index contributed by atoms with van der Waals surface area (Å²) in [6.07, 6.45) is 3.68. The molecule has 6 aromatic carbocycles. The minimum absolute atomic E-state index is 0.0949. The average molecular weight is 1180 g/mol. The predicted octanol–water partition coefficient (Wildman–Crippen LogP) is 14.3. The van der Waals surface area contributed by atoms with E-state index in [0.29, 0.717) is 39.4 Å². The molecule has 0 bridgehead atoms. The third kappa shape index (κ3) is 15.7. The molecule has 15 heteroatoms. The summed E-state index contributed by atoms with van der Waals surface area (Å²) >= 11 is 0. The van der Waals surface area contributed by atoms with Crippen molar-refractivity contribution >= 4 is 16.7 Å². The Balaban J connectivity index is 0.000000154. The van der Waals surface area contributed by atoms with Crippen molar-refractivity contribution in [2.24, 2.45) is 28.2 Å². The average Bonchev–Trinajstić information content (AvgIpc) is 4.21. The molecule has 0 saturated carbocycles. The largest absolute Gasteiger partial charge is 0.496 e. The van der Waals surface area contributed by atoms with Crippen LogP contribution in [0.1, 0.15) is 66.1 Å². The molecule has 0 fully saturated rings. The number of nitrogens with zero attached hydrogens (tertiary/aromatic N) is 7. The highest BCUT2D eigenvalue weighted by Crippen LogP contribution is 2.32. The van der Waals surface area contributed by atoms with E-state index in [1.807, 2.05) is 18.1 Å². The van der Waals surface area contributed by atoms with Crippen LogP contribution in [0.5, 0.6) is 5.75 Å². The molecule has 0 unspecified atom stereocenters. The molecule has 0 N–H and O–H groups in total. The molecule has 0 spiro atoms. The van der Waals surface area contributed by atoms with Gasteiger partial charge in [0.1, 0.15) is 63.5 Å². The van der Waals surface area contributed by atoms with E-state index >= 15 is 0 Å². The number of alkyl halides is 3. The normalized spacial score (nSPS) is 12.4. The van der Waals surface area contributed by atoms with Gasteiger partial charge in [0.15, 0.2) is 30.7 Å². The van der Waals surface area contributed by atoms with Crippen LogP contribution in [0.25, 0.3) is 55.9 Å². The zero-order valence-electron chi connectivity index (χ0n) is 51.7. The van der Waals surface area contributed by atoms with Gasteiger partial charge in [-0.3, -0.25) is 0 Å². The van der Waals surface area contributed by atoms with Crippen molar-refractivity contribution in [3.8, 4) is 50.9 Å². The van der Waals surface area contributed by atoms with Gasteiger partial charge < -0.3 is 9.47 Å². The van der Waals surface area contributed by atoms with Crippen molar-refractivity contribution < 1.29 is 58.7 Å². The van der Waals surface area contributed by atoms with Crippen LogP contribution in [0.4, 0.5) is 26.3 Å². The van der Waals surface area contributed by atoms with Gasteiger partial charge in [0.25, 0.3) is 0 Å². The molecule has 0 atom stereocenters. The van der Waals surface area contributed by atoms with Gasteiger partial charge in [-0.05, 0) is 128 Å². The third-order valence-electron chi connectivity index (χ3n) is 15.1. The van der Waals surface area contributed by atoms with Crippen LogP contribution in [0.15, 0.2) is 183 Å². The van der Waals surface area contributed by atoms with E-state index in [-0.39, 0.29) is 11.4 Å². The molecular formula is C71H78F6N7O2+5. The molecule has 11 rings (SSSR count).